The van der Waals surface area contributed by atoms with E-state index in [0.29, 0.717) is 29.1 Å². The molecule has 0 aliphatic carbocycles. The van der Waals surface area contributed by atoms with E-state index in [9.17, 15) is 29.6 Å². The maximum Gasteiger partial charge on any atom is 0.335 e. The van der Waals surface area contributed by atoms with Crippen LogP contribution in [0.2, 0.25) is 5.02 Å². The molecule has 0 aliphatic rings. The SMILES string of the molecule is CCn1c(=O)n(CC)c2cc([N+](=O)[O-])c(N=Cc3c(O)n(-c4cccc(Cl)c4)c(=O)[nH]c3=O)cc21. The number of nitrogens with zero attached hydrogens (tertiary/aromatic N) is 5. The number of nitrogens with one attached hydrogen (secondary N) is 1. The van der Waals surface area contributed by atoms with Gasteiger partial charge >= 0.3 is 11.4 Å². The molecule has 0 amide bonds. The molecule has 0 radical (unpaired) electrons. The van der Waals surface area contributed by atoms with Crippen molar-refractivity contribution in [1.82, 2.24) is 18.7 Å². The molecule has 0 aliphatic heterocycles. The second-order valence-corrected chi connectivity index (χ2v) is 7.86. The molecule has 2 aromatic carbocycles. The van der Waals surface area contributed by atoms with Gasteiger partial charge in [0.05, 0.1) is 21.6 Å². The number of hydrogen-bond donors (Lipinski definition) is 2. The smallest absolute Gasteiger partial charge is 0.335 e. The molecule has 4 aromatic rings. The summed E-state index contributed by atoms with van der Waals surface area (Å²) in [5, 5.41) is 22.7. The summed E-state index contributed by atoms with van der Waals surface area (Å²) in [5.74, 6) is -0.726. The Morgan fingerprint density at radius 2 is 1.77 bits per heavy atom. The highest BCUT2D eigenvalue weighted by molar-refractivity contribution is 6.30. The van der Waals surface area contributed by atoms with Crippen molar-refractivity contribution in [1.29, 1.82) is 0 Å². The number of aryl methyl sites for hydroxylation is 2. The van der Waals surface area contributed by atoms with Gasteiger partial charge in [-0.25, -0.2) is 19.1 Å². The van der Waals surface area contributed by atoms with Gasteiger partial charge in [0.25, 0.3) is 11.2 Å². The number of fused-ring (bicyclic) bond motifs is 1. The monoisotopic (exact) mass is 498 g/mol. The molecule has 0 bridgehead atoms. The average Bonchev–Trinajstić information content (AvgIpc) is 3.07. The minimum atomic E-state index is -0.944. The van der Waals surface area contributed by atoms with Crippen LogP contribution in [-0.4, -0.2) is 34.9 Å². The number of benzene rings is 2. The summed E-state index contributed by atoms with van der Waals surface area (Å²) in [4.78, 5) is 54.7. The number of rotatable bonds is 6. The Hall–Kier alpha value is -4.45. The zero-order valence-electron chi connectivity index (χ0n) is 18.6. The highest BCUT2D eigenvalue weighted by Gasteiger charge is 2.21. The van der Waals surface area contributed by atoms with Crippen LogP contribution in [0.1, 0.15) is 19.4 Å². The van der Waals surface area contributed by atoms with Gasteiger partial charge in [-0.05, 0) is 38.1 Å². The molecular weight excluding hydrogens is 480 g/mol. The van der Waals surface area contributed by atoms with E-state index in [1.165, 1.54) is 33.4 Å². The van der Waals surface area contributed by atoms with Crippen molar-refractivity contribution in [2.45, 2.75) is 26.9 Å². The average molecular weight is 499 g/mol. The van der Waals surface area contributed by atoms with Gasteiger partial charge in [0.1, 0.15) is 11.3 Å². The van der Waals surface area contributed by atoms with Crippen LogP contribution in [0, 0.1) is 10.1 Å². The Kier molecular flexibility index (Phi) is 6.14. The van der Waals surface area contributed by atoms with Crippen LogP contribution < -0.4 is 16.9 Å². The lowest BCUT2D eigenvalue weighted by molar-refractivity contribution is -0.383. The molecule has 0 atom stereocenters. The quantitative estimate of drug-likeness (QED) is 0.236. The summed E-state index contributed by atoms with van der Waals surface area (Å²) in [6.45, 7) is 4.16. The third-order valence-electron chi connectivity index (χ3n) is 5.46. The van der Waals surface area contributed by atoms with Gasteiger partial charge in [0.2, 0.25) is 5.88 Å². The number of aromatic amines is 1. The molecule has 4 rings (SSSR count). The molecule has 2 N–H and O–H groups in total. The highest BCUT2D eigenvalue weighted by Crippen LogP contribution is 2.32. The molecule has 0 saturated heterocycles. The predicted molar refractivity (Wildman–Crippen MR) is 131 cm³/mol. The van der Waals surface area contributed by atoms with E-state index in [2.05, 4.69) is 9.98 Å². The first-order valence-corrected chi connectivity index (χ1v) is 10.9. The minimum Gasteiger partial charge on any atom is -0.493 e. The van der Waals surface area contributed by atoms with Crippen LogP contribution in [0.3, 0.4) is 0 Å². The van der Waals surface area contributed by atoms with Crippen molar-refractivity contribution in [3.63, 3.8) is 0 Å². The molecule has 2 aromatic heterocycles. The first kappa shape index (κ1) is 23.7. The molecule has 0 unspecified atom stereocenters. The standard InChI is InChI=1S/C22H19ClN6O6/c1-3-26-17-9-15(16(29(34)35)10-18(17)27(4-2)22(26)33)24-11-14-19(30)25-21(32)28(20(14)31)13-7-5-6-12(23)8-13/h5-11,31H,3-4H2,1-2H3,(H,25,30,32). The fourth-order valence-electron chi connectivity index (χ4n) is 3.84. The molecular formula is C22H19ClN6O6. The number of aromatic nitrogens is 4. The molecule has 13 heteroatoms. The number of nitro groups is 1. The molecule has 0 saturated carbocycles. The molecule has 180 valence electrons. The largest absolute Gasteiger partial charge is 0.493 e. The van der Waals surface area contributed by atoms with Crippen LogP contribution in [0.15, 0.2) is 55.8 Å². The zero-order chi connectivity index (χ0) is 25.4. The lowest BCUT2D eigenvalue weighted by atomic mass is 10.2. The highest BCUT2D eigenvalue weighted by atomic mass is 35.5. The van der Waals surface area contributed by atoms with E-state index >= 15 is 0 Å². The van der Waals surface area contributed by atoms with E-state index in [0.717, 1.165) is 10.8 Å². The van der Waals surface area contributed by atoms with E-state index in [1.54, 1.807) is 26.0 Å². The topological polar surface area (TPSA) is 158 Å². The van der Waals surface area contributed by atoms with Gasteiger partial charge < -0.3 is 5.11 Å². The Labute approximate surface area is 201 Å². The van der Waals surface area contributed by atoms with Crippen molar-refractivity contribution >= 4 is 40.2 Å². The van der Waals surface area contributed by atoms with E-state index in [4.69, 9.17) is 11.6 Å². The Morgan fingerprint density at radius 3 is 2.37 bits per heavy atom. The summed E-state index contributed by atoms with van der Waals surface area (Å²) >= 11 is 5.97. The summed E-state index contributed by atoms with van der Waals surface area (Å²) < 4.78 is 3.68. The van der Waals surface area contributed by atoms with Crippen molar-refractivity contribution in [2.75, 3.05) is 0 Å². The molecule has 12 nitrogen and oxygen atoms in total. The second-order valence-electron chi connectivity index (χ2n) is 7.43. The Bertz CT molecular complexity index is 1690. The van der Waals surface area contributed by atoms with E-state index in [-0.39, 0.29) is 17.1 Å². The van der Waals surface area contributed by atoms with Crippen molar-refractivity contribution in [3.8, 4) is 11.6 Å². The van der Waals surface area contributed by atoms with Gasteiger partial charge in [-0.3, -0.25) is 29.0 Å². The third-order valence-corrected chi connectivity index (χ3v) is 5.70. The number of aromatic hydroxyl groups is 1. The first-order valence-electron chi connectivity index (χ1n) is 10.5. The number of nitro benzene ring substituents is 1. The Morgan fingerprint density at radius 1 is 1.11 bits per heavy atom. The fraction of sp³-hybridized carbons (Fsp3) is 0.182. The van der Waals surface area contributed by atoms with Crippen molar-refractivity contribution in [2.24, 2.45) is 4.99 Å². The van der Waals surface area contributed by atoms with Gasteiger partial charge in [0.15, 0.2) is 0 Å². The number of imidazole rings is 1. The molecule has 35 heavy (non-hydrogen) atoms. The van der Waals surface area contributed by atoms with Gasteiger partial charge in [-0.2, -0.15) is 0 Å². The van der Waals surface area contributed by atoms with E-state index < -0.39 is 33.3 Å². The maximum absolute atomic E-state index is 12.6. The van der Waals surface area contributed by atoms with Crippen LogP contribution >= 0.6 is 11.6 Å². The predicted octanol–water partition coefficient (Wildman–Crippen LogP) is 2.70. The summed E-state index contributed by atoms with van der Waals surface area (Å²) in [6.07, 6.45) is 0.925. The summed E-state index contributed by atoms with van der Waals surface area (Å²) in [7, 11) is 0. The number of halogens is 1. The lowest BCUT2D eigenvalue weighted by Crippen LogP contribution is -2.31. The van der Waals surface area contributed by atoms with Crippen molar-refractivity contribution in [3.05, 3.63) is 88.4 Å². The van der Waals surface area contributed by atoms with Gasteiger partial charge in [0, 0.05) is 30.4 Å². The molecule has 0 fully saturated rings. The van der Waals surface area contributed by atoms with Crippen LogP contribution in [0.25, 0.3) is 16.7 Å². The zero-order valence-corrected chi connectivity index (χ0v) is 19.3. The third kappa shape index (κ3) is 4.04. The minimum absolute atomic E-state index is 0.141. The molecule has 0 spiro atoms. The molecule has 2 heterocycles. The number of hydrogen-bond acceptors (Lipinski definition) is 7. The van der Waals surface area contributed by atoms with Gasteiger partial charge in [-0.1, -0.05) is 17.7 Å². The second kappa shape index (κ2) is 9.06. The van der Waals surface area contributed by atoms with E-state index in [1.807, 2.05) is 0 Å². The maximum atomic E-state index is 12.6. The van der Waals surface area contributed by atoms with Crippen molar-refractivity contribution < 1.29 is 10.0 Å². The summed E-state index contributed by atoms with van der Waals surface area (Å²) in [6, 6.07) is 8.64. The van der Waals surface area contributed by atoms with Gasteiger partial charge in [-0.15, -0.1) is 0 Å². The van der Waals surface area contributed by atoms with Crippen LogP contribution in [0.5, 0.6) is 5.88 Å². The van der Waals surface area contributed by atoms with Crippen LogP contribution in [-0.2, 0) is 13.1 Å². The Balaban J connectivity index is 1.93. The van der Waals surface area contributed by atoms with Crippen LogP contribution in [0.4, 0.5) is 11.4 Å². The normalized spacial score (nSPS) is 11.5. The summed E-state index contributed by atoms with van der Waals surface area (Å²) in [5.41, 5.74) is -2.12. The number of H-pyrrole nitrogens is 1. The number of aliphatic imine (C=N–C) groups is 1. The lowest BCUT2D eigenvalue weighted by Gasteiger charge is -2.09. The first-order chi connectivity index (χ1) is 16.7. The fourth-order valence-corrected chi connectivity index (χ4v) is 4.03.